The van der Waals surface area contributed by atoms with Gasteiger partial charge in [-0.25, -0.2) is 0 Å². The third kappa shape index (κ3) is 7.93. The molecule has 1 heterocycles. The molecule has 1 saturated heterocycles. The molecular formula is C30H27BrClN3O6S. The molecule has 0 unspecified atom stereocenters. The van der Waals surface area contributed by atoms with Gasteiger partial charge in [-0.2, -0.15) is 0 Å². The van der Waals surface area contributed by atoms with Gasteiger partial charge in [-0.3, -0.25) is 24.1 Å². The van der Waals surface area contributed by atoms with Crippen LogP contribution in [0.5, 0.6) is 11.5 Å². The van der Waals surface area contributed by atoms with Gasteiger partial charge in [0.2, 0.25) is 5.91 Å². The molecule has 1 aliphatic heterocycles. The Morgan fingerprint density at radius 2 is 1.67 bits per heavy atom. The van der Waals surface area contributed by atoms with Crippen LogP contribution in [0, 0.1) is 0 Å². The molecule has 0 radical (unpaired) electrons. The Morgan fingerprint density at radius 3 is 2.33 bits per heavy atom. The van der Waals surface area contributed by atoms with Crippen LogP contribution in [0.15, 0.2) is 70.0 Å². The summed E-state index contributed by atoms with van der Waals surface area (Å²) in [4.78, 5) is 51.4. The number of rotatable bonds is 10. The fraction of sp³-hybridized carbons (Fsp3) is 0.200. The third-order valence-corrected chi connectivity index (χ3v) is 8.22. The lowest BCUT2D eigenvalue weighted by Crippen LogP contribution is -2.36. The topological polar surface area (TPSA) is 114 Å². The van der Waals surface area contributed by atoms with Crippen LogP contribution in [0.25, 0.3) is 6.08 Å². The van der Waals surface area contributed by atoms with Gasteiger partial charge in [-0.05, 0) is 93.3 Å². The maximum absolute atomic E-state index is 12.9. The van der Waals surface area contributed by atoms with Crippen molar-refractivity contribution in [2.75, 3.05) is 30.9 Å². The van der Waals surface area contributed by atoms with Crippen LogP contribution in [0.2, 0.25) is 5.02 Å². The van der Waals surface area contributed by atoms with Crippen molar-refractivity contribution in [3.8, 4) is 11.5 Å². The fourth-order valence-electron chi connectivity index (χ4n) is 3.89. The van der Waals surface area contributed by atoms with Crippen LogP contribution in [0.1, 0.15) is 30.9 Å². The standard InChI is InChI=1S/C30H27BrClN3O6S/c1-17(2)19-5-7-20(8-6-19)33-27(36)15-35-29(38)26(42-30(35)39)13-18-4-11-24(25(12-18)40-3)41-16-28(37)34-21-9-10-22(31)23(32)14-21/h4-14,17H,15-16H2,1-3H3,(H,33,36)(H,34,37)/b26-13+. The number of anilines is 2. The van der Waals surface area contributed by atoms with E-state index in [-0.39, 0.29) is 11.5 Å². The van der Waals surface area contributed by atoms with Crippen molar-refractivity contribution in [2.45, 2.75) is 19.8 Å². The summed E-state index contributed by atoms with van der Waals surface area (Å²) < 4.78 is 11.7. The molecule has 42 heavy (non-hydrogen) atoms. The second-order valence-electron chi connectivity index (χ2n) is 9.47. The summed E-state index contributed by atoms with van der Waals surface area (Å²) in [5.41, 5.74) is 2.80. The Morgan fingerprint density at radius 1 is 0.976 bits per heavy atom. The van der Waals surface area contributed by atoms with Crippen LogP contribution >= 0.6 is 39.3 Å². The van der Waals surface area contributed by atoms with E-state index in [2.05, 4.69) is 40.4 Å². The molecule has 0 atom stereocenters. The number of nitrogens with zero attached hydrogens (tertiary/aromatic N) is 1. The second-order valence-corrected chi connectivity index (χ2v) is 11.7. The maximum Gasteiger partial charge on any atom is 0.294 e. The molecule has 1 aliphatic rings. The molecule has 4 rings (SSSR count). The van der Waals surface area contributed by atoms with Crippen LogP contribution < -0.4 is 20.1 Å². The lowest BCUT2D eigenvalue weighted by molar-refractivity contribution is -0.127. The number of methoxy groups -OCH3 is 1. The predicted molar refractivity (Wildman–Crippen MR) is 168 cm³/mol. The summed E-state index contributed by atoms with van der Waals surface area (Å²) in [6, 6.07) is 17.3. The highest BCUT2D eigenvalue weighted by atomic mass is 79.9. The van der Waals surface area contributed by atoms with Crippen LogP contribution in [-0.2, 0) is 14.4 Å². The summed E-state index contributed by atoms with van der Waals surface area (Å²) >= 11 is 10.1. The normalized spacial score (nSPS) is 14.0. The SMILES string of the molecule is COc1cc(/C=C2/SC(=O)N(CC(=O)Nc3ccc(C(C)C)cc3)C2=O)ccc1OCC(=O)Nc1ccc(Br)c(Cl)c1. The van der Waals surface area contributed by atoms with Crippen molar-refractivity contribution in [1.82, 2.24) is 4.90 Å². The number of halogens is 2. The Bertz CT molecular complexity index is 1560. The lowest BCUT2D eigenvalue weighted by atomic mass is 10.0. The number of benzene rings is 3. The molecule has 0 saturated carbocycles. The minimum atomic E-state index is -0.570. The van der Waals surface area contributed by atoms with Gasteiger partial charge in [0.25, 0.3) is 17.1 Å². The number of hydrogen-bond donors (Lipinski definition) is 2. The summed E-state index contributed by atoms with van der Waals surface area (Å²) in [7, 11) is 1.44. The molecular weight excluding hydrogens is 646 g/mol. The molecule has 3 aromatic carbocycles. The number of imide groups is 1. The summed E-state index contributed by atoms with van der Waals surface area (Å²) in [5, 5.41) is 5.34. The van der Waals surface area contributed by atoms with Crippen LogP contribution in [-0.4, -0.2) is 48.1 Å². The van der Waals surface area contributed by atoms with Crippen LogP contribution in [0.4, 0.5) is 16.2 Å². The number of carbonyl (C=O) groups is 4. The summed E-state index contributed by atoms with van der Waals surface area (Å²) in [5.74, 6) is -0.457. The summed E-state index contributed by atoms with van der Waals surface area (Å²) in [6.45, 7) is 3.46. The number of hydrogen-bond acceptors (Lipinski definition) is 7. The first-order valence-electron chi connectivity index (χ1n) is 12.7. The van der Waals surface area contributed by atoms with Gasteiger partial charge >= 0.3 is 0 Å². The molecule has 0 bridgehead atoms. The number of carbonyl (C=O) groups excluding carboxylic acids is 4. The maximum atomic E-state index is 12.9. The van der Waals surface area contributed by atoms with Crippen molar-refractivity contribution in [1.29, 1.82) is 0 Å². The van der Waals surface area contributed by atoms with Crippen molar-refractivity contribution < 1.29 is 28.7 Å². The quantitative estimate of drug-likeness (QED) is 0.225. The molecule has 0 spiro atoms. The average Bonchev–Trinajstić information content (AvgIpc) is 3.21. The molecule has 1 fully saturated rings. The molecule has 218 valence electrons. The number of amides is 4. The number of ether oxygens (including phenoxy) is 2. The smallest absolute Gasteiger partial charge is 0.294 e. The molecule has 0 aliphatic carbocycles. The van der Waals surface area contributed by atoms with Gasteiger partial charge in [0.15, 0.2) is 18.1 Å². The first-order valence-corrected chi connectivity index (χ1v) is 14.7. The van der Waals surface area contributed by atoms with Gasteiger partial charge in [-0.15, -0.1) is 0 Å². The number of nitrogens with one attached hydrogen (secondary N) is 2. The fourth-order valence-corrected chi connectivity index (χ4v) is 5.16. The average molecular weight is 673 g/mol. The Hall–Kier alpha value is -3.80. The zero-order valence-corrected chi connectivity index (χ0v) is 26.1. The predicted octanol–water partition coefficient (Wildman–Crippen LogP) is 6.93. The first-order chi connectivity index (χ1) is 20.0. The highest BCUT2D eigenvalue weighted by Crippen LogP contribution is 2.34. The Balaban J connectivity index is 1.36. The largest absolute Gasteiger partial charge is 0.493 e. The van der Waals surface area contributed by atoms with Gasteiger partial charge in [-0.1, -0.05) is 43.6 Å². The molecule has 4 amide bonds. The lowest BCUT2D eigenvalue weighted by Gasteiger charge is -2.13. The van der Waals surface area contributed by atoms with Gasteiger partial charge < -0.3 is 20.1 Å². The van der Waals surface area contributed by atoms with Crippen molar-refractivity contribution in [2.24, 2.45) is 0 Å². The van der Waals surface area contributed by atoms with E-state index < -0.39 is 29.5 Å². The second kappa shape index (κ2) is 13.9. The number of thioether (sulfide) groups is 1. The highest BCUT2D eigenvalue weighted by molar-refractivity contribution is 9.10. The summed E-state index contributed by atoms with van der Waals surface area (Å²) in [6.07, 6.45) is 1.53. The van der Waals surface area contributed by atoms with Gasteiger partial charge in [0.05, 0.1) is 17.0 Å². The van der Waals surface area contributed by atoms with E-state index in [1.54, 1.807) is 48.5 Å². The van der Waals surface area contributed by atoms with E-state index >= 15 is 0 Å². The zero-order valence-electron chi connectivity index (χ0n) is 22.9. The molecule has 9 nitrogen and oxygen atoms in total. The van der Waals surface area contributed by atoms with Crippen molar-refractivity contribution in [3.05, 3.63) is 86.2 Å². The highest BCUT2D eigenvalue weighted by Gasteiger charge is 2.36. The molecule has 0 aromatic heterocycles. The minimum Gasteiger partial charge on any atom is -0.493 e. The van der Waals surface area contributed by atoms with E-state index in [1.165, 1.54) is 13.2 Å². The van der Waals surface area contributed by atoms with E-state index in [9.17, 15) is 19.2 Å². The molecule has 12 heteroatoms. The van der Waals surface area contributed by atoms with E-state index in [0.717, 1.165) is 22.2 Å². The monoisotopic (exact) mass is 671 g/mol. The molecule has 3 aromatic rings. The van der Waals surface area contributed by atoms with Crippen molar-refractivity contribution in [3.63, 3.8) is 0 Å². The third-order valence-electron chi connectivity index (χ3n) is 6.08. The van der Waals surface area contributed by atoms with Gasteiger partial charge in [0.1, 0.15) is 6.54 Å². The zero-order chi connectivity index (χ0) is 30.4. The Labute approximate surface area is 260 Å². The van der Waals surface area contributed by atoms with E-state index in [4.69, 9.17) is 21.1 Å². The van der Waals surface area contributed by atoms with E-state index in [1.807, 2.05) is 12.1 Å². The first kappa shape index (κ1) is 31.1. The molecule has 2 N–H and O–H groups in total. The minimum absolute atomic E-state index is 0.164. The van der Waals surface area contributed by atoms with Crippen molar-refractivity contribution >= 4 is 79.7 Å². The van der Waals surface area contributed by atoms with Gasteiger partial charge in [0, 0.05) is 15.8 Å². The van der Waals surface area contributed by atoms with Crippen LogP contribution in [0.3, 0.4) is 0 Å². The Kier molecular flexibility index (Phi) is 10.3. The van der Waals surface area contributed by atoms with E-state index in [0.29, 0.717) is 43.9 Å².